The molecule has 1 aromatic heterocycles. The Morgan fingerprint density at radius 1 is 1.44 bits per heavy atom. The smallest absolute Gasteiger partial charge is 0.169 e. The Balaban J connectivity index is 1.50. The molecular formula is C19H30N2O3S. The van der Waals surface area contributed by atoms with Gasteiger partial charge in [-0.3, -0.25) is 9.69 Å². The van der Waals surface area contributed by atoms with E-state index in [1.54, 1.807) is 6.92 Å². The Labute approximate surface area is 154 Å². The Bertz CT molecular complexity index is 593. The highest BCUT2D eigenvalue weighted by Crippen LogP contribution is 2.51. The van der Waals surface area contributed by atoms with E-state index in [4.69, 9.17) is 4.74 Å². The number of thiophene rings is 1. The van der Waals surface area contributed by atoms with Crippen LogP contribution in [0.4, 0.5) is 0 Å². The van der Waals surface area contributed by atoms with Crippen LogP contribution in [0, 0.1) is 5.41 Å². The lowest BCUT2D eigenvalue weighted by molar-refractivity contribution is -0.212. The van der Waals surface area contributed by atoms with Crippen molar-refractivity contribution in [2.75, 3.05) is 40.3 Å². The van der Waals surface area contributed by atoms with Crippen LogP contribution in [-0.2, 0) is 11.3 Å². The van der Waals surface area contributed by atoms with Gasteiger partial charge in [0.15, 0.2) is 5.78 Å². The number of hydrogen-bond acceptors (Lipinski definition) is 6. The van der Waals surface area contributed by atoms with Gasteiger partial charge in [0.05, 0.1) is 23.7 Å². The van der Waals surface area contributed by atoms with Crippen LogP contribution >= 0.6 is 11.3 Å². The average molecular weight is 367 g/mol. The first-order valence-electron chi connectivity index (χ1n) is 9.16. The Kier molecular flexibility index (Phi) is 5.96. The maximum atomic E-state index is 11.4. The fraction of sp³-hybridized carbons (Fsp3) is 0.737. The zero-order chi connectivity index (χ0) is 18.0. The molecule has 2 aliphatic rings. The monoisotopic (exact) mass is 366 g/mol. The first-order valence-corrected chi connectivity index (χ1v) is 10.0. The third kappa shape index (κ3) is 4.14. The van der Waals surface area contributed by atoms with Gasteiger partial charge in [-0.25, -0.2) is 0 Å². The van der Waals surface area contributed by atoms with Crippen molar-refractivity contribution in [1.29, 1.82) is 0 Å². The van der Waals surface area contributed by atoms with Gasteiger partial charge in [0.2, 0.25) is 0 Å². The van der Waals surface area contributed by atoms with Crippen molar-refractivity contribution in [2.45, 2.75) is 44.9 Å². The number of aliphatic hydroxyl groups is 1. The van der Waals surface area contributed by atoms with E-state index in [9.17, 15) is 9.90 Å². The van der Waals surface area contributed by atoms with E-state index in [1.807, 2.05) is 6.07 Å². The van der Waals surface area contributed by atoms with Crippen molar-refractivity contribution in [1.82, 2.24) is 9.80 Å². The van der Waals surface area contributed by atoms with Gasteiger partial charge in [0.25, 0.3) is 0 Å². The Morgan fingerprint density at radius 2 is 2.16 bits per heavy atom. The van der Waals surface area contributed by atoms with Gasteiger partial charge in [0, 0.05) is 24.9 Å². The molecule has 5 nitrogen and oxygen atoms in total. The molecule has 0 aromatic carbocycles. The number of likely N-dealkylation sites (tertiary alicyclic amines) is 1. The molecule has 1 aromatic rings. The molecule has 1 saturated carbocycles. The van der Waals surface area contributed by atoms with Crippen LogP contribution in [0.3, 0.4) is 0 Å². The second-order valence-corrected chi connectivity index (χ2v) is 8.71. The SMILES string of the molecule is CC(=O)c1cc(CN2CCC3(CC2)[C@H](O)C[C@@H]3OCCN(C)C)cs1. The second-order valence-electron chi connectivity index (χ2n) is 7.80. The number of likely N-dealkylation sites (N-methyl/N-ethyl adjacent to an activating group) is 1. The van der Waals surface area contributed by atoms with Crippen LogP contribution in [-0.4, -0.2) is 73.2 Å². The first kappa shape index (κ1) is 19.0. The minimum absolute atomic E-state index is 0.0397. The van der Waals surface area contributed by atoms with E-state index in [0.29, 0.717) is 0 Å². The third-order valence-corrected chi connectivity index (χ3v) is 6.87. The molecule has 6 heteroatoms. The molecule has 1 spiro atoms. The summed E-state index contributed by atoms with van der Waals surface area (Å²) in [6, 6.07) is 2.02. The van der Waals surface area contributed by atoms with Gasteiger partial charge < -0.3 is 14.7 Å². The zero-order valence-electron chi connectivity index (χ0n) is 15.5. The lowest BCUT2D eigenvalue weighted by Gasteiger charge is -2.56. The van der Waals surface area contributed by atoms with Crippen molar-refractivity contribution in [3.05, 3.63) is 21.9 Å². The highest BCUT2D eigenvalue weighted by molar-refractivity contribution is 7.12. The molecule has 0 radical (unpaired) electrons. The predicted octanol–water partition coefficient (Wildman–Crippen LogP) is 2.24. The number of piperidine rings is 1. The fourth-order valence-electron chi connectivity index (χ4n) is 4.02. The largest absolute Gasteiger partial charge is 0.392 e. The van der Waals surface area contributed by atoms with E-state index in [2.05, 4.69) is 29.3 Å². The van der Waals surface area contributed by atoms with E-state index in [-0.39, 0.29) is 23.4 Å². The molecule has 25 heavy (non-hydrogen) atoms. The average Bonchev–Trinajstić information content (AvgIpc) is 3.03. The molecule has 2 heterocycles. The van der Waals surface area contributed by atoms with Crippen molar-refractivity contribution in [3.8, 4) is 0 Å². The molecule has 0 amide bonds. The van der Waals surface area contributed by atoms with E-state index in [0.717, 1.165) is 56.9 Å². The number of rotatable bonds is 7. The fourth-order valence-corrected chi connectivity index (χ4v) is 4.83. The lowest BCUT2D eigenvalue weighted by Crippen LogP contribution is -2.62. The maximum Gasteiger partial charge on any atom is 0.169 e. The van der Waals surface area contributed by atoms with Gasteiger partial charge in [-0.2, -0.15) is 0 Å². The zero-order valence-corrected chi connectivity index (χ0v) is 16.3. The Hall–Kier alpha value is -0.790. The molecule has 0 bridgehead atoms. The molecular weight excluding hydrogens is 336 g/mol. The molecule has 1 aliphatic carbocycles. The standard InChI is InChI=1S/C19H30N2O3S/c1-14(22)16-10-15(13-25-16)12-21-6-4-19(5-7-21)17(23)11-18(19)24-9-8-20(2)3/h10,13,17-18,23H,4-9,11-12H2,1-3H3/t17-,18+/m1/s1. The summed E-state index contributed by atoms with van der Waals surface area (Å²) in [5.74, 6) is 0.143. The van der Waals surface area contributed by atoms with E-state index < -0.39 is 0 Å². The van der Waals surface area contributed by atoms with Gasteiger partial charge in [-0.15, -0.1) is 11.3 Å². The predicted molar refractivity (Wildman–Crippen MR) is 100 cm³/mol. The Morgan fingerprint density at radius 3 is 2.72 bits per heavy atom. The van der Waals surface area contributed by atoms with Gasteiger partial charge in [-0.05, 0) is 64.0 Å². The van der Waals surface area contributed by atoms with Crippen molar-refractivity contribution in [2.24, 2.45) is 5.41 Å². The summed E-state index contributed by atoms with van der Waals surface area (Å²) < 4.78 is 6.08. The van der Waals surface area contributed by atoms with E-state index in [1.165, 1.54) is 16.9 Å². The van der Waals surface area contributed by atoms with Gasteiger partial charge in [-0.1, -0.05) is 0 Å². The first-order chi connectivity index (χ1) is 11.9. The van der Waals surface area contributed by atoms with Crippen molar-refractivity contribution >= 4 is 17.1 Å². The lowest BCUT2D eigenvalue weighted by atomic mass is 9.58. The van der Waals surface area contributed by atoms with Crippen LogP contribution in [0.5, 0.6) is 0 Å². The molecule has 1 N–H and O–H groups in total. The topological polar surface area (TPSA) is 53.0 Å². The van der Waals surface area contributed by atoms with Crippen LogP contribution in [0.15, 0.2) is 11.4 Å². The number of carbonyl (C=O) groups excluding carboxylic acids is 1. The van der Waals surface area contributed by atoms with Crippen LogP contribution < -0.4 is 0 Å². The van der Waals surface area contributed by atoms with Crippen LogP contribution in [0.2, 0.25) is 0 Å². The van der Waals surface area contributed by atoms with Crippen molar-refractivity contribution < 1.29 is 14.6 Å². The summed E-state index contributed by atoms with van der Waals surface area (Å²) in [6.45, 7) is 6.13. The highest BCUT2D eigenvalue weighted by atomic mass is 32.1. The number of ketones is 1. The molecule has 1 saturated heterocycles. The second kappa shape index (κ2) is 7.84. The summed E-state index contributed by atoms with van der Waals surface area (Å²) in [5, 5.41) is 12.5. The molecule has 2 atom stereocenters. The number of hydrogen-bond donors (Lipinski definition) is 1. The summed E-state index contributed by atoms with van der Waals surface area (Å²) in [6.07, 6.45) is 2.74. The molecule has 3 rings (SSSR count). The summed E-state index contributed by atoms with van der Waals surface area (Å²) in [7, 11) is 4.10. The number of Topliss-reactive ketones (excluding diaryl/α,β-unsaturated/α-hetero) is 1. The third-order valence-electron chi connectivity index (χ3n) is 5.79. The van der Waals surface area contributed by atoms with Crippen molar-refractivity contribution in [3.63, 3.8) is 0 Å². The number of carbonyl (C=O) groups is 1. The minimum Gasteiger partial charge on any atom is -0.392 e. The van der Waals surface area contributed by atoms with Crippen LogP contribution in [0.25, 0.3) is 0 Å². The highest BCUT2D eigenvalue weighted by Gasteiger charge is 2.56. The summed E-state index contributed by atoms with van der Waals surface area (Å²) in [5.41, 5.74) is 1.18. The number of ether oxygens (including phenoxy) is 1. The number of nitrogens with zero attached hydrogens (tertiary/aromatic N) is 2. The minimum atomic E-state index is -0.218. The normalized spacial score (nSPS) is 26.1. The molecule has 0 unspecified atom stereocenters. The van der Waals surface area contributed by atoms with Crippen LogP contribution in [0.1, 0.15) is 41.4 Å². The molecule has 140 valence electrons. The quantitative estimate of drug-likeness (QED) is 0.750. The van der Waals surface area contributed by atoms with Gasteiger partial charge >= 0.3 is 0 Å². The summed E-state index contributed by atoms with van der Waals surface area (Å²) in [4.78, 5) is 16.8. The number of aliphatic hydroxyl groups excluding tert-OH is 1. The maximum absolute atomic E-state index is 11.4. The van der Waals surface area contributed by atoms with E-state index >= 15 is 0 Å². The van der Waals surface area contributed by atoms with Gasteiger partial charge in [0.1, 0.15) is 0 Å². The molecule has 2 fully saturated rings. The molecule has 1 aliphatic heterocycles. The summed E-state index contributed by atoms with van der Waals surface area (Å²) >= 11 is 1.53.